The SMILES string of the molecule is CCCCCOc1ccc2cc(OC(C)Br)ccc2c1C. The predicted molar refractivity (Wildman–Crippen MR) is 92.7 cm³/mol. The average Bonchev–Trinajstić information content (AvgIpc) is 2.45. The smallest absolute Gasteiger partial charge is 0.150 e. The lowest BCUT2D eigenvalue weighted by atomic mass is 10.0. The molecule has 2 aromatic rings. The number of hydrogen-bond donors (Lipinski definition) is 0. The second kappa shape index (κ2) is 7.69. The molecule has 0 bridgehead atoms. The predicted octanol–water partition coefficient (Wildman–Crippen LogP) is 5.84. The largest absolute Gasteiger partial charge is 0.493 e. The quantitative estimate of drug-likeness (QED) is 0.461. The lowest BCUT2D eigenvalue weighted by molar-refractivity contribution is 0.304. The number of unbranched alkanes of at least 4 members (excludes halogenated alkanes) is 2. The molecule has 0 saturated heterocycles. The van der Waals surface area contributed by atoms with Crippen LogP contribution in [-0.4, -0.2) is 11.6 Å². The van der Waals surface area contributed by atoms with Gasteiger partial charge in [-0.05, 0) is 70.7 Å². The Hall–Kier alpha value is -1.22. The second-order valence-electron chi connectivity index (χ2n) is 5.29. The van der Waals surface area contributed by atoms with Crippen LogP contribution in [0, 0.1) is 6.92 Å². The van der Waals surface area contributed by atoms with Crippen LogP contribution in [0.4, 0.5) is 0 Å². The van der Waals surface area contributed by atoms with Crippen LogP contribution in [0.15, 0.2) is 30.3 Å². The molecule has 2 rings (SSSR count). The third-order valence-electron chi connectivity index (χ3n) is 3.51. The highest BCUT2D eigenvalue weighted by atomic mass is 79.9. The average molecular weight is 351 g/mol. The van der Waals surface area contributed by atoms with E-state index < -0.39 is 0 Å². The molecule has 2 nitrogen and oxygen atoms in total. The second-order valence-corrected chi connectivity index (χ2v) is 6.58. The molecule has 0 heterocycles. The van der Waals surface area contributed by atoms with Gasteiger partial charge in [-0.25, -0.2) is 0 Å². The zero-order chi connectivity index (χ0) is 15.2. The standard InChI is InChI=1S/C18H23BrO2/c1-4-5-6-11-20-18-10-7-15-12-16(21-14(3)19)8-9-17(15)13(18)2/h7-10,12,14H,4-6,11H2,1-3H3. The highest BCUT2D eigenvalue weighted by Crippen LogP contribution is 2.30. The highest BCUT2D eigenvalue weighted by Gasteiger charge is 2.07. The van der Waals surface area contributed by atoms with Crippen molar-refractivity contribution in [1.82, 2.24) is 0 Å². The first kappa shape index (κ1) is 16.2. The van der Waals surface area contributed by atoms with E-state index >= 15 is 0 Å². The van der Waals surface area contributed by atoms with Crippen molar-refractivity contribution >= 4 is 26.7 Å². The topological polar surface area (TPSA) is 18.5 Å². The van der Waals surface area contributed by atoms with Crippen LogP contribution < -0.4 is 9.47 Å². The van der Waals surface area contributed by atoms with E-state index in [0.717, 1.165) is 24.5 Å². The normalized spacial score (nSPS) is 12.4. The van der Waals surface area contributed by atoms with Crippen LogP contribution >= 0.6 is 15.9 Å². The number of aryl methyl sites for hydroxylation is 1. The number of fused-ring (bicyclic) bond motifs is 1. The van der Waals surface area contributed by atoms with Gasteiger partial charge in [0.25, 0.3) is 0 Å². The fourth-order valence-electron chi connectivity index (χ4n) is 2.39. The first-order valence-electron chi connectivity index (χ1n) is 7.58. The summed E-state index contributed by atoms with van der Waals surface area (Å²) in [5.74, 6) is 1.86. The van der Waals surface area contributed by atoms with E-state index in [1.807, 2.05) is 13.0 Å². The molecule has 0 aliphatic carbocycles. The van der Waals surface area contributed by atoms with Gasteiger partial charge >= 0.3 is 0 Å². The lowest BCUT2D eigenvalue weighted by Gasteiger charge is -2.13. The van der Waals surface area contributed by atoms with Crippen molar-refractivity contribution in [3.8, 4) is 11.5 Å². The van der Waals surface area contributed by atoms with Crippen molar-refractivity contribution in [2.24, 2.45) is 0 Å². The molecule has 0 N–H and O–H groups in total. The lowest BCUT2D eigenvalue weighted by Crippen LogP contribution is -2.01. The Morgan fingerprint density at radius 2 is 1.95 bits per heavy atom. The van der Waals surface area contributed by atoms with Crippen molar-refractivity contribution < 1.29 is 9.47 Å². The third-order valence-corrected chi connectivity index (χ3v) is 3.70. The van der Waals surface area contributed by atoms with Crippen molar-refractivity contribution in [2.75, 3.05) is 6.61 Å². The van der Waals surface area contributed by atoms with Crippen molar-refractivity contribution in [3.05, 3.63) is 35.9 Å². The van der Waals surface area contributed by atoms with E-state index in [2.05, 4.69) is 54.0 Å². The number of alkyl halides is 1. The van der Waals surface area contributed by atoms with Gasteiger partial charge in [-0.1, -0.05) is 31.9 Å². The van der Waals surface area contributed by atoms with Crippen molar-refractivity contribution in [2.45, 2.75) is 45.0 Å². The Balaban J connectivity index is 2.18. The molecule has 0 aliphatic rings. The summed E-state index contributed by atoms with van der Waals surface area (Å²) in [4.78, 5) is 0. The van der Waals surface area contributed by atoms with Gasteiger partial charge < -0.3 is 9.47 Å². The molecule has 21 heavy (non-hydrogen) atoms. The zero-order valence-corrected chi connectivity index (χ0v) is 14.6. The minimum absolute atomic E-state index is 0.0113. The molecule has 0 aliphatic heterocycles. The molecule has 0 amide bonds. The van der Waals surface area contributed by atoms with E-state index in [-0.39, 0.29) is 5.01 Å². The van der Waals surface area contributed by atoms with Crippen LogP contribution in [0.2, 0.25) is 0 Å². The Kier molecular flexibility index (Phi) is 5.92. The molecule has 2 aromatic carbocycles. The molecule has 0 saturated carbocycles. The number of ether oxygens (including phenoxy) is 2. The first-order chi connectivity index (χ1) is 10.1. The van der Waals surface area contributed by atoms with Crippen LogP contribution in [0.25, 0.3) is 10.8 Å². The van der Waals surface area contributed by atoms with Crippen LogP contribution in [0.1, 0.15) is 38.7 Å². The van der Waals surface area contributed by atoms with E-state index in [0.29, 0.717) is 0 Å². The van der Waals surface area contributed by atoms with Crippen molar-refractivity contribution in [1.29, 1.82) is 0 Å². The molecule has 0 radical (unpaired) electrons. The van der Waals surface area contributed by atoms with Gasteiger partial charge in [0.1, 0.15) is 11.5 Å². The van der Waals surface area contributed by atoms with E-state index in [9.17, 15) is 0 Å². The van der Waals surface area contributed by atoms with Gasteiger partial charge in [0, 0.05) is 0 Å². The van der Waals surface area contributed by atoms with E-state index in [1.165, 1.54) is 29.2 Å². The van der Waals surface area contributed by atoms with Crippen LogP contribution in [0.5, 0.6) is 11.5 Å². The summed E-state index contributed by atoms with van der Waals surface area (Å²) in [6, 6.07) is 10.3. The Bertz CT molecular complexity index is 593. The summed E-state index contributed by atoms with van der Waals surface area (Å²) in [5.41, 5.74) is 1.20. The maximum Gasteiger partial charge on any atom is 0.150 e. The molecule has 0 spiro atoms. The summed E-state index contributed by atoms with van der Waals surface area (Å²) in [6.07, 6.45) is 3.55. The molecule has 3 heteroatoms. The van der Waals surface area contributed by atoms with Crippen molar-refractivity contribution in [3.63, 3.8) is 0 Å². The van der Waals surface area contributed by atoms with E-state index in [4.69, 9.17) is 9.47 Å². The third kappa shape index (κ3) is 4.37. The minimum Gasteiger partial charge on any atom is -0.493 e. The Labute approximate surface area is 135 Å². The maximum atomic E-state index is 5.90. The summed E-state index contributed by atoms with van der Waals surface area (Å²) in [5, 5.41) is 2.41. The van der Waals surface area contributed by atoms with Gasteiger partial charge in [-0.3, -0.25) is 0 Å². The van der Waals surface area contributed by atoms with Crippen LogP contribution in [-0.2, 0) is 0 Å². The molecule has 0 aromatic heterocycles. The molecule has 0 fully saturated rings. The summed E-state index contributed by atoms with van der Waals surface area (Å²) >= 11 is 3.40. The summed E-state index contributed by atoms with van der Waals surface area (Å²) in [7, 11) is 0. The first-order valence-corrected chi connectivity index (χ1v) is 8.50. The fraction of sp³-hybridized carbons (Fsp3) is 0.444. The maximum absolute atomic E-state index is 5.90. The van der Waals surface area contributed by atoms with Gasteiger partial charge in [-0.15, -0.1) is 0 Å². The fourth-order valence-corrected chi connectivity index (χ4v) is 2.61. The van der Waals surface area contributed by atoms with Crippen LogP contribution in [0.3, 0.4) is 0 Å². The van der Waals surface area contributed by atoms with E-state index in [1.54, 1.807) is 0 Å². The van der Waals surface area contributed by atoms with Gasteiger partial charge in [0.05, 0.1) is 6.61 Å². The Morgan fingerprint density at radius 1 is 1.14 bits per heavy atom. The number of benzene rings is 2. The summed E-state index contributed by atoms with van der Waals surface area (Å²) in [6.45, 7) is 7.07. The molecular weight excluding hydrogens is 328 g/mol. The van der Waals surface area contributed by atoms with Gasteiger partial charge in [-0.2, -0.15) is 0 Å². The molecule has 1 atom stereocenters. The zero-order valence-electron chi connectivity index (χ0n) is 13.0. The van der Waals surface area contributed by atoms with Gasteiger partial charge in [0.2, 0.25) is 0 Å². The number of rotatable bonds is 7. The molecule has 1 unspecified atom stereocenters. The number of hydrogen-bond acceptors (Lipinski definition) is 2. The highest BCUT2D eigenvalue weighted by molar-refractivity contribution is 9.09. The monoisotopic (exact) mass is 350 g/mol. The minimum atomic E-state index is 0.0113. The Morgan fingerprint density at radius 3 is 2.67 bits per heavy atom. The number of halogens is 1. The van der Waals surface area contributed by atoms with Gasteiger partial charge in [0.15, 0.2) is 5.01 Å². The molecule has 114 valence electrons. The summed E-state index contributed by atoms with van der Waals surface area (Å²) < 4.78 is 11.6. The molecular formula is C18H23BrO2.